The van der Waals surface area contributed by atoms with Crippen LogP contribution in [0.1, 0.15) is 5.56 Å². The normalized spacial score (nSPS) is 12.9. The van der Waals surface area contributed by atoms with Crippen LogP contribution in [0.25, 0.3) is 0 Å². The molecule has 1 amide bonds. The Morgan fingerprint density at radius 3 is 2.59 bits per heavy atom. The number of fused-ring (bicyclic) bond motifs is 1. The molecular formula is C19H18FN5OS. The summed E-state index contributed by atoms with van der Waals surface area (Å²) in [5.74, 6) is 0.497. The maximum absolute atomic E-state index is 12.9. The molecule has 8 heteroatoms. The van der Waals surface area contributed by atoms with Gasteiger partial charge in [0.05, 0.1) is 5.75 Å². The molecule has 0 aliphatic carbocycles. The Morgan fingerprint density at radius 1 is 1.11 bits per heavy atom. The van der Waals surface area contributed by atoms with Crippen molar-refractivity contribution in [2.75, 3.05) is 22.5 Å². The summed E-state index contributed by atoms with van der Waals surface area (Å²) >= 11 is 1.34. The van der Waals surface area contributed by atoms with Crippen LogP contribution in [0.15, 0.2) is 53.7 Å². The highest BCUT2D eigenvalue weighted by molar-refractivity contribution is 7.99. The van der Waals surface area contributed by atoms with Crippen molar-refractivity contribution in [3.8, 4) is 0 Å². The highest BCUT2D eigenvalue weighted by Crippen LogP contribution is 2.32. The molecule has 6 nitrogen and oxygen atoms in total. The molecule has 0 bridgehead atoms. The number of anilines is 3. The number of hydrogen-bond donors (Lipinski definition) is 1. The Morgan fingerprint density at radius 2 is 1.85 bits per heavy atom. The van der Waals surface area contributed by atoms with E-state index in [0.29, 0.717) is 10.8 Å². The first-order valence-electron chi connectivity index (χ1n) is 8.56. The minimum atomic E-state index is -0.334. The zero-order chi connectivity index (χ0) is 18.8. The minimum Gasteiger partial charge on any atom is -0.325 e. The molecule has 0 atom stereocenters. The van der Waals surface area contributed by atoms with Gasteiger partial charge in [-0.2, -0.15) is 0 Å². The molecule has 0 unspecified atom stereocenters. The molecular weight excluding hydrogens is 365 g/mol. The van der Waals surface area contributed by atoms with Crippen LogP contribution in [0.5, 0.6) is 0 Å². The number of aromatic nitrogens is 3. The number of carbonyl (C=O) groups excluding carboxylic acids is 1. The molecule has 3 aromatic rings. The number of nitrogens with one attached hydrogen (secondary N) is 1. The van der Waals surface area contributed by atoms with Crippen LogP contribution in [0, 0.1) is 12.7 Å². The van der Waals surface area contributed by atoms with Crippen molar-refractivity contribution in [1.82, 2.24) is 14.8 Å². The van der Waals surface area contributed by atoms with Gasteiger partial charge in [0.15, 0.2) is 5.16 Å². The number of nitrogens with zero attached hydrogens (tertiary/aromatic N) is 4. The third kappa shape index (κ3) is 3.80. The lowest BCUT2D eigenvalue weighted by molar-refractivity contribution is -0.113. The van der Waals surface area contributed by atoms with Crippen LogP contribution in [-0.4, -0.2) is 33.0 Å². The van der Waals surface area contributed by atoms with Gasteiger partial charge < -0.3 is 10.2 Å². The first-order valence-corrected chi connectivity index (χ1v) is 9.54. The Hall–Kier alpha value is -2.87. The zero-order valence-corrected chi connectivity index (χ0v) is 15.5. The fourth-order valence-corrected chi connectivity index (χ4v) is 3.67. The van der Waals surface area contributed by atoms with Crippen LogP contribution in [0.3, 0.4) is 0 Å². The van der Waals surface area contributed by atoms with Crippen molar-refractivity contribution in [3.05, 3.63) is 59.9 Å². The van der Waals surface area contributed by atoms with E-state index in [2.05, 4.69) is 51.6 Å². The SMILES string of the molecule is Cc1ccc(N2CCn3c(SCC(=O)Nc4ccc(F)cc4)nnc32)cc1. The monoisotopic (exact) mass is 383 g/mol. The summed E-state index contributed by atoms with van der Waals surface area (Å²) in [7, 11) is 0. The van der Waals surface area contributed by atoms with Gasteiger partial charge in [0.25, 0.3) is 0 Å². The van der Waals surface area contributed by atoms with E-state index in [9.17, 15) is 9.18 Å². The lowest BCUT2D eigenvalue weighted by atomic mass is 10.2. The van der Waals surface area contributed by atoms with Crippen LogP contribution >= 0.6 is 11.8 Å². The van der Waals surface area contributed by atoms with Crippen LogP contribution in [0.4, 0.5) is 21.7 Å². The summed E-state index contributed by atoms with van der Waals surface area (Å²) in [4.78, 5) is 14.2. The van der Waals surface area contributed by atoms with Crippen molar-refractivity contribution in [2.45, 2.75) is 18.6 Å². The summed E-state index contributed by atoms with van der Waals surface area (Å²) in [5.41, 5.74) is 2.86. The summed E-state index contributed by atoms with van der Waals surface area (Å²) in [6.45, 7) is 3.66. The number of amides is 1. The molecule has 0 spiro atoms. The lowest BCUT2D eigenvalue weighted by Gasteiger charge is -2.15. The van der Waals surface area contributed by atoms with E-state index < -0.39 is 0 Å². The molecule has 0 fully saturated rings. The summed E-state index contributed by atoms with van der Waals surface area (Å²) in [6.07, 6.45) is 0. The van der Waals surface area contributed by atoms with Gasteiger partial charge in [-0.05, 0) is 43.3 Å². The number of hydrogen-bond acceptors (Lipinski definition) is 5. The average molecular weight is 383 g/mol. The predicted molar refractivity (Wildman–Crippen MR) is 104 cm³/mol. The van der Waals surface area contributed by atoms with Crippen molar-refractivity contribution < 1.29 is 9.18 Å². The van der Waals surface area contributed by atoms with Crippen molar-refractivity contribution in [2.24, 2.45) is 0 Å². The first kappa shape index (κ1) is 17.5. The van der Waals surface area contributed by atoms with E-state index in [1.807, 2.05) is 4.57 Å². The van der Waals surface area contributed by atoms with Gasteiger partial charge in [0.2, 0.25) is 11.9 Å². The van der Waals surface area contributed by atoms with E-state index in [1.165, 1.54) is 41.6 Å². The number of halogens is 1. The van der Waals surface area contributed by atoms with E-state index in [4.69, 9.17) is 0 Å². The van der Waals surface area contributed by atoms with Crippen molar-refractivity contribution in [1.29, 1.82) is 0 Å². The lowest BCUT2D eigenvalue weighted by Crippen LogP contribution is -2.14. The first-order chi connectivity index (χ1) is 13.1. The Balaban J connectivity index is 1.40. The Labute approximate surface area is 160 Å². The van der Waals surface area contributed by atoms with E-state index in [0.717, 1.165) is 24.7 Å². The van der Waals surface area contributed by atoms with E-state index in [-0.39, 0.29) is 17.5 Å². The molecule has 1 aliphatic rings. The molecule has 27 heavy (non-hydrogen) atoms. The van der Waals surface area contributed by atoms with Gasteiger partial charge in [-0.3, -0.25) is 9.36 Å². The highest BCUT2D eigenvalue weighted by Gasteiger charge is 2.26. The number of carbonyl (C=O) groups is 1. The number of thioether (sulfide) groups is 1. The topological polar surface area (TPSA) is 63.1 Å². The Kier molecular flexibility index (Phi) is 4.81. The molecule has 0 saturated carbocycles. The third-order valence-electron chi connectivity index (χ3n) is 4.29. The van der Waals surface area contributed by atoms with Gasteiger partial charge in [-0.25, -0.2) is 4.39 Å². The smallest absolute Gasteiger partial charge is 0.234 e. The maximum atomic E-state index is 12.9. The van der Waals surface area contributed by atoms with Crippen molar-refractivity contribution >= 4 is 35.0 Å². The van der Waals surface area contributed by atoms with Crippen molar-refractivity contribution in [3.63, 3.8) is 0 Å². The van der Waals surface area contributed by atoms with E-state index in [1.54, 1.807) is 0 Å². The zero-order valence-electron chi connectivity index (χ0n) is 14.7. The van der Waals surface area contributed by atoms with Gasteiger partial charge in [0, 0.05) is 24.5 Å². The molecule has 1 aliphatic heterocycles. The predicted octanol–water partition coefficient (Wildman–Crippen LogP) is 3.61. The van der Waals surface area contributed by atoms with E-state index >= 15 is 0 Å². The maximum Gasteiger partial charge on any atom is 0.234 e. The molecule has 4 rings (SSSR count). The van der Waals surface area contributed by atoms with Crippen LogP contribution < -0.4 is 10.2 Å². The van der Waals surface area contributed by atoms with Gasteiger partial charge in [0.1, 0.15) is 5.82 Å². The fourth-order valence-electron chi connectivity index (χ4n) is 2.91. The number of benzene rings is 2. The molecule has 2 heterocycles. The quantitative estimate of drug-likeness (QED) is 0.682. The second kappa shape index (κ2) is 7.40. The molecule has 138 valence electrons. The van der Waals surface area contributed by atoms with Gasteiger partial charge in [-0.1, -0.05) is 29.5 Å². The number of aryl methyl sites for hydroxylation is 1. The van der Waals surface area contributed by atoms with Gasteiger partial charge in [-0.15, -0.1) is 10.2 Å². The second-order valence-electron chi connectivity index (χ2n) is 6.27. The summed E-state index contributed by atoms with van der Waals surface area (Å²) in [5, 5.41) is 12.0. The standard InChI is InChI=1S/C19H18FN5OS/c1-13-2-8-16(9-3-13)24-10-11-25-18(24)22-23-19(25)27-12-17(26)21-15-6-4-14(20)5-7-15/h2-9H,10-12H2,1H3,(H,21,26). The molecule has 1 aromatic heterocycles. The molecule has 0 radical (unpaired) electrons. The summed E-state index contributed by atoms with van der Waals surface area (Å²) in [6, 6.07) is 14.0. The second-order valence-corrected chi connectivity index (χ2v) is 7.21. The Bertz CT molecular complexity index is 955. The highest BCUT2D eigenvalue weighted by atomic mass is 32.2. The van der Waals surface area contributed by atoms with Crippen LogP contribution in [-0.2, 0) is 11.3 Å². The van der Waals surface area contributed by atoms with Gasteiger partial charge >= 0.3 is 0 Å². The number of rotatable bonds is 5. The average Bonchev–Trinajstić information content (AvgIpc) is 3.25. The summed E-state index contributed by atoms with van der Waals surface area (Å²) < 4.78 is 14.9. The molecule has 2 aromatic carbocycles. The molecule has 0 saturated heterocycles. The largest absolute Gasteiger partial charge is 0.325 e. The fraction of sp³-hybridized carbons (Fsp3) is 0.211. The molecule has 1 N–H and O–H groups in total. The minimum absolute atomic E-state index is 0.169. The van der Waals surface area contributed by atoms with Crippen LogP contribution in [0.2, 0.25) is 0 Å². The third-order valence-corrected chi connectivity index (χ3v) is 5.26.